The van der Waals surface area contributed by atoms with Crippen molar-refractivity contribution in [1.29, 1.82) is 0 Å². The number of anilines is 1. The number of nitrogens with one attached hydrogen (secondary N) is 2. The number of carbonyl (C=O) groups is 1. The lowest BCUT2D eigenvalue weighted by molar-refractivity contribution is -0.115. The normalized spacial score (nSPS) is 19.2. The van der Waals surface area contributed by atoms with Gasteiger partial charge in [0.1, 0.15) is 0 Å². The molecule has 1 aliphatic rings. The molecule has 0 bridgehead atoms. The summed E-state index contributed by atoms with van der Waals surface area (Å²) in [6.07, 6.45) is 2.05. The Labute approximate surface area is 122 Å². The molecule has 0 aromatic heterocycles. The monoisotopic (exact) mass is 302 g/mol. The van der Waals surface area contributed by atoms with Crippen LogP contribution >= 0.6 is 23.2 Å². The van der Waals surface area contributed by atoms with E-state index in [1.54, 1.807) is 18.2 Å². The van der Waals surface area contributed by atoms with Gasteiger partial charge in [0.25, 0.3) is 0 Å². The molecule has 0 radical (unpaired) electrons. The third-order valence-corrected chi connectivity index (χ3v) is 3.57. The first-order valence-electron chi connectivity index (χ1n) is 6.22. The molecule has 1 unspecified atom stereocenters. The predicted molar refractivity (Wildman–Crippen MR) is 76.9 cm³/mol. The second-order valence-electron chi connectivity index (χ2n) is 4.44. The van der Waals surface area contributed by atoms with Gasteiger partial charge in [0, 0.05) is 12.6 Å². The van der Waals surface area contributed by atoms with Crippen molar-refractivity contribution < 1.29 is 9.53 Å². The summed E-state index contributed by atoms with van der Waals surface area (Å²) in [4.78, 5) is 11.8. The number of benzene rings is 1. The molecule has 1 saturated heterocycles. The summed E-state index contributed by atoms with van der Waals surface area (Å²) in [6.45, 7) is 1.68. The smallest absolute Gasteiger partial charge is 0.238 e. The summed E-state index contributed by atoms with van der Waals surface area (Å²) < 4.78 is 5.33. The van der Waals surface area contributed by atoms with Crippen LogP contribution in [0.1, 0.15) is 12.8 Å². The molecule has 1 atom stereocenters. The summed E-state index contributed by atoms with van der Waals surface area (Å²) in [6, 6.07) is 5.34. The van der Waals surface area contributed by atoms with Crippen LogP contribution in [0, 0.1) is 0 Å². The SMILES string of the molecule is O=C(CNC1CCCOC1)Nc1c(Cl)cccc1Cl. The van der Waals surface area contributed by atoms with E-state index in [9.17, 15) is 4.79 Å². The molecule has 6 heteroatoms. The van der Waals surface area contributed by atoms with Gasteiger partial charge in [-0.3, -0.25) is 4.79 Å². The first kappa shape index (κ1) is 14.6. The number of ether oxygens (including phenoxy) is 1. The topological polar surface area (TPSA) is 50.4 Å². The van der Waals surface area contributed by atoms with Gasteiger partial charge < -0.3 is 15.4 Å². The van der Waals surface area contributed by atoms with Crippen molar-refractivity contribution in [3.8, 4) is 0 Å². The number of rotatable bonds is 4. The highest BCUT2D eigenvalue weighted by Gasteiger charge is 2.15. The molecule has 1 heterocycles. The quantitative estimate of drug-likeness (QED) is 0.899. The average Bonchev–Trinajstić information content (AvgIpc) is 2.42. The van der Waals surface area contributed by atoms with Crippen LogP contribution in [-0.4, -0.2) is 31.7 Å². The number of amides is 1. The van der Waals surface area contributed by atoms with Gasteiger partial charge in [-0.25, -0.2) is 0 Å². The molecule has 2 rings (SSSR count). The fourth-order valence-corrected chi connectivity index (χ4v) is 2.43. The summed E-state index contributed by atoms with van der Waals surface area (Å²) in [5.74, 6) is -0.166. The Morgan fingerprint density at radius 3 is 2.74 bits per heavy atom. The van der Waals surface area contributed by atoms with Crippen molar-refractivity contribution >= 4 is 34.8 Å². The standard InChI is InChI=1S/C13H16Cl2N2O2/c14-10-4-1-5-11(15)13(10)17-12(18)7-16-9-3-2-6-19-8-9/h1,4-5,9,16H,2-3,6-8H2,(H,17,18). The molecule has 1 amide bonds. The Hall–Kier alpha value is -0.810. The maximum atomic E-state index is 11.8. The molecule has 19 heavy (non-hydrogen) atoms. The molecule has 1 aromatic rings. The Kier molecular flexibility index (Phi) is 5.45. The third-order valence-electron chi connectivity index (χ3n) is 2.94. The highest BCUT2D eigenvalue weighted by atomic mass is 35.5. The van der Waals surface area contributed by atoms with Gasteiger partial charge in [-0.1, -0.05) is 29.3 Å². The van der Waals surface area contributed by atoms with E-state index < -0.39 is 0 Å². The lowest BCUT2D eigenvalue weighted by Gasteiger charge is -2.23. The van der Waals surface area contributed by atoms with Crippen LogP contribution in [0.25, 0.3) is 0 Å². The number of carbonyl (C=O) groups excluding carboxylic acids is 1. The number of hydrogen-bond donors (Lipinski definition) is 2. The molecule has 0 aliphatic carbocycles. The predicted octanol–water partition coefficient (Wildman–Crippen LogP) is 2.70. The van der Waals surface area contributed by atoms with Crippen LogP contribution < -0.4 is 10.6 Å². The molecule has 2 N–H and O–H groups in total. The van der Waals surface area contributed by atoms with Crippen molar-refractivity contribution in [2.24, 2.45) is 0 Å². The second-order valence-corrected chi connectivity index (χ2v) is 5.25. The van der Waals surface area contributed by atoms with Crippen LogP contribution in [-0.2, 0) is 9.53 Å². The van der Waals surface area contributed by atoms with Crippen molar-refractivity contribution in [2.45, 2.75) is 18.9 Å². The van der Waals surface area contributed by atoms with E-state index in [0.29, 0.717) is 22.3 Å². The fourth-order valence-electron chi connectivity index (χ4n) is 1.94. The largest absolute Gasteiger partial charge is 0.380 e. The lowest BCUT2D eigenvalue weighted by atomic mass is 10.1. The van der Waals surface area contributed by atoms with E-state index in [1.165, 1.54) is 0 Å². The van der Waals surface area contributed by atoms with Crippen LogP contribution in [0.2, 0.25) is 10.0 Å². The second kappa shape index (κ2) is 7.10. The summed E-state index contributed by atoms with van der Waals surface area (Å²) in [5.41, 5.74) is 0.456. The highest BCUT2D eigenvalue weighted by molar-refractivity contribution is 6.39. The van der Waals surface area contributed by atoms with E-state index in [4.69, 9.17) is 27.9 Å². The van der Waals surface area contributed by atoms with Gasteiger partial charge in [0.2, 0.25) is 5.91 Å². The van der Waals surface area contributed by atoms with Crippen molar-refractivity contribution in [3.05, 3.63) is 28.2 Å². The van der Waals surface area contributed by atoms with E-state index in [-0.39, 0.29) is 18.5 Å². The van der Waals surface area contributed by atoms with E-state index in [1.807, 2.05) is 0 Å². The minimum absolute atomic E-state index is 0.166. The molecule has 104 valence electrons. The van der Waals surface area contributed by atoms with Gasteiger partial charge in [-0.2, -0.15) is 0 Å². The molecular formula is C13H16Cl2N2O2. The number of halogens is 2. The van der Waals surface area contributed by atoms with Crippen LogP contribution in [0.3, 0.4) is 0 Å². The Morgan fingerprint density at radius 2 is 2.11 bits per heavy atom. The van der Waals surface area contributed by atoms with Gasteiger partial charge in [0.05, 0.1) is 28.9 Å². The highest BCUT2D eigenvalue weighted by Crippen LogP contribution is 2.29. The van der Waals surface area contributed by atoms with Crippen molar-refractivity contribution in [2.75, 3.05) is 25.1 Å². The Bertz CT molecular complexity index is 428. The molecular weight excluding hydrogens is 287 g/mol. The number of para-hydroxylation sites is 1. The van der Waals surface area contributed by atoms with Gasteiger partial charge >= 0.3 is 0 Å². The van der Waals surface area contributed by atoms with Crippen LogP contribution in [0.15, 0.2) is 18.2 Å². The van der Waals surface area contributed by atoms with Gasteiger partial charge in [0.15, 0.2) is 0 Å². The summed E-state index contributed by atoms with van der Waals surface area (Å²) in [5, 5.41) is 6.73. The van der Waals surface area contributed by atoms with Crippen molar-refractivity contribution in [1.82, 2.24) is 5.32 Å². The van der Waals surface area contributed by atoms with E-state index in [2.05, 4.69) is 10.6 Å². The first-order chi connectivity index (χ1) is 9.16. The van der Waals surface area contributed by atoms with Crippen LogP contribution in [0.4, 0.5) is 5.69 Å². The summed E-state index contributed by atoms with van der Waals surface area (Å²) >= 11 is 12.0. The van der Waals surface area contributed by atoms with E-state index in [0.717, 1.165) is 19.4 Å². The van der Waals surface area contributed by atoms with Gasteiger partial charge in [-0.05, 0) is 25.0 Å². The Morgan fingerprint density at radius 1 is 1.37 bits per heavy atom. The first-order valence-corrected chi connectivity index (χ1v) is 6.97. The van der Waals surface area contributed by atoms with Gasteiger partial charge in [-0.15, -0.1) is 0 Å². The van der Waals surface area contributed by atoms with Crippen molar-refractivity contribution in [3.63, 3.8) is 0 Å². The lowest BCUT2D eigenvalue weighted by Crippen LogP contribution is -2.41. The zero-order valence-corrected chi connectivity index (χ0v) is 11.9. The molecule has 4 nitrogen and oxygen atoms in total. The minimum atomic E-state index is -0.166. The molecule has 1 fully saturated rings. The third kappa shape index (κ3) is 4.35. The maximum absolute atomic E-state index is 11.8. The Balaban J connectivity index is 1.83. The fraction of sp³-hybridized carbons (Fsp3) is 0.462. The average molecular weight is 303 g/mol. The molecule has 0 spiro atoms. The summed E-state index contributed by atoms with van der Waals surface area (Å²) in [7, 11) is 0. The van der Waals surface area contributed by atoms with E-state index >= 15 is 0 Å². The van der Waals surface area contributed by atoms with Crippen LogP contribution in [0.5, 0.6) is 0 Å². The molecule has 0 saturated carbocycles. The minimum Gasteiger partial charge on any atom is -0.380 e. The maximum Gasteiger partial charge on any atom is 0.238 e. The molecule has 1 aromatic carbocycles. The molecule has 1 aliphatic heterocycles. The zero-order chi connectivity index (χ0) is 13.7. The zero-order valence-electron chi connectivity index (χ0n) is 10.4. The number of hydrogen-bond acceptors (Lipinski definition) is 3.